The van der Waals surface area contributed by atoms with Crippen molar-refractivity contribution in [1.29, 1.82) is 0 Å². The fourth-order valence-corrected chi connectivity index (χ4v) is 2.14. The molecule has 0 fully saturated rings. The average Bonchev–Trinajstić information content (AvgIpc) is 2.52. The van der Waals surface area contributed by atoms with Crippen molar-refractivity contribution in [2.75, 3.05) is 0 Å². The number of carbonyl (C=O) groups is 1. The van der Waals surface area contributed by atoms with Crippen LogP contribution < -0.4 is 5.32 Å². The van der Waals surface area contributed by atoms with Crippen LogP contribution in [0.25, 0.3) is 0 Å². The fourth-order valence-electron chi connectivity index (χ4n) is 2.14. The number of hydrogen-bond acceptors (Lipinski definition) is 4. The van der Waals surface area contributed by atoms with Crippen LogP contribution in [0.15, 0.2) is 54.6 Å². The van der Waals surface area contributed by atoms with Crippen molar-refractivity contribution in [1.82, 2.24) is 5.32 Å². The van der Waals surface area contributed by atoms with Gasteiger partial charge in [0.15, 0.2) is 0 Å². The van der Waals surface area contributed by atoms with Crippen LogP contribution in [0, 0.1) is 10.1 Å². The third-order valence-electron chi connectivity index (χ3n) is 3.28. The Morgan fingerprint density at radius 2 is 1.77 bits per heavy atom. The Balaban J connectivity index is 2.04. The summed E-state index contributed by atoms with van der Waals surface area (Å²) >= 11 is 0. The van der Waals surface area contributed by atoms with Crippen molar-refractivity contribution in [3.63, 3.8) is 0 Å². The molecule has 0 bridgehead atoms. The molecule has 0 saturated carbocycles. The van der Waals surface area contributed by atoms with Gasteiger partial charge >= 0.3 is 5.97 Å². The summed E-state index contributed by atoms with van der Waals surface area (Å²) < 4.78 is 0. The molecule has 2 aromatic rings. The van der Waals surface area contributed by atoms with E-state index in [1.807, 2.05) is 30.3 Å². The Bertz CT molecular complexity index is 641. The third kappa shape index (κ3) is 4.39. The van der Waals surface area contributed by atoms with Crippen LogP contribution in [0.3, 0.4) is 0 Å². The van der Waals surface area contributed by atoms with Crippen molar-refractivity contribution in [3.05, 3.63) is 75.8 Å². The molecule has 6 heteroatoms. The highest BCUT2D eigenvalue weighted by Gasteiger charge is 2.15. The molecule has 0 spiro atoms. The smallest absolute Gasteiger partial charge is 0.305 e. The van der Waals surface area contributed by atoms with Crippen LogP contribution >= 0.6 is 0 Å². The molecule has 1 atom stereocenters. The van der Waals surface area contributed by atoms with Crippen molar-refractivity contribution in [2.45, 2.75) is 19.0 Å². The highest BCUT2D eigenvalue weighted by Crippen LogP contribution is 2.18. The van der Waals surface area contributed by atoms with E-state index in [0.29, 0.717) is 6.54 Å². The molecule has 0 aliphatic carbocycles. The predicted molar refractivity (Wildman–Crippen MR) is 81.4 cm³/mol. The number of nitro benzene ring substituents is 1. The lowest BCUT2D eigenvalue weighted by atomic mass is 10.0. The maximum atomic E-state index is 11.0. The number of nitro groups is 1. The number of carboxylic acids is 1. The molecule has 114 valence electrons. The zero-order valence-electron chi connectivity index (χ0n) is 11.8. The highest BCUT2D eigenvalue weighted by molar-refractivity contribution is 5.67. The Kier molecular flexibility index (Phi) is 5.21. The molecule has 0 saturated heterocycles. The zero-order valence-corrected chi connectivity index (χ0v) is 11.8. The summed E-state index contributed by atoms with van der Waals surface area (Å²) in [7, 11) is 0. The summed E-state index contributed by atoms with van der Waals surface area (Å²) in [6.45, 7) is 0.435. The maximum Gasteiger partial charge on any atom is 0.305 e. The van der Waals surface area contributed by atoms with Gasteiger partial charge in [-0.05, 0) is 11.1 Å². The molecule has 0 aliphatic heterocycles. The van der Waals surface area contributed by atoms with E-state index < -0.39 is 10.9 Å². The standard InChI is InChI=1S/C16H16N2O4/c19-16(20)10-15(13-4-2-1-3-5-13)17-11-12-6-8-14(9-7-12)18(21)22/h1-9,15,17H,10-11H2,(H,19,20). The molecular weight excluding hydrogens is 284 g/mol. The van der Waals surface area contributed by atoms with Gasteiger partial charge in [0.25, 0.3) is 5.69 Å². The molecule has 0 aliphatic rings. The van der Waals surface area contributed by atoms with Gasteiger partial charge in [-0.25, -0.2) is 0 Å². The zero-order chi connectivity index (χ0) is 15.9. The van der Waals surface area contributed by atoms with Gasteiger partial charge < -0.3 is 10.4 Å². The fraction of sp³-hybridized carbons (Fsp3) is 0.188. The van der Waals surface area contributed by atoms with Crippen LogP contribution in [0.5, 0.6) is 0 Å². The van der Waals surface area contributed by atoms with E-state index in [4.69, 9.17) is 5.11 Å². The Morgan fingerprint density at radius 1 is 1.14 bits per heavy atom. The second-order valence-electron chi connectivity index (χ2n) is 4.87. The lowest BCUT2D eigenvalue weighted by molar-refractivity contribution is -0.384. The maximum absolute atomic E-state index is 11.0. The van der Waals surface area contributed by atoms with Crippen LogP contribution in [0.1, 0.15) is 23.6 Å². The van der Waals surface area contributed by atoms with Crippen LogP contribution in [-0.2, 0) is 11.3 Å². The number of non-ortho nitro benzene ring substituents is 1. The van der Waals surface area contributed by atoms with Gasteiger partial charge in [-0.2, -0.15) is 0 Å². The quantitative estimate of drug-likeness (QED) is 0.606. The van der Waals surface area contributed by atoms with Crippen LogP contribution in [-0.4, -0.2) is 16.0 Å². The number of hydrogen-bond donors (Lipinski definition) is 2. The Hall–Kier alpha value is -2.73. The summed E-state index contributed by atoms with van der Waals surface area (Å²) in [6, 6.07) is 15.2. The summed E-state index contributed by atoms with van der Waals surface area (Å²) in [6.07, 6.45) is -0.0308. The molecule has 0 heterocycles. The minimum atomic E-state index is -0.884. The number of aliphatic carboxylic acids is 1. The molecule has 0 amide bonds. The number of nitrogens with zero attached hydrogens (tertiary/aromatic N) is 1. The highest BCUT2D eigenvalue weighted by atomic mass is 16.6. The van der Waals surface area contributed by atoms with Gasteiger partial charge in [-0.1, -0.05) is 42.5 Å². The van der Waals surface area contributed by atoms with Gasteiger partial charge in [0.1, 0.15) is 0 Å². The second kappa shape index (κ2) is 7.33. The largest absolute Gasteiger partial charge is 0.481 e. The second-order valence-corrected chi connectivity index (χ2v) is 4.87. The first-order valence-electron chi connectivity index (χ1n) is 6.79. The topological polar surface area (TPSA) is 92.5 Å². The summed E-state index contributed by atoms with van der Waals surface area (Å²) in [5, 5.41) is 22.8. The van der Waals surface area contributed by atoms with E-state index in [2.05, 4.69) is 5.32 Å². The normalized spacial score (nSPS) is 11.8. The lowest BCUT2D eigenvalue weighted by Crippen LogP contribution is -2.23. The van der Waals surface area contributed by atoms with E-state index >= 15 is 0 Å². The van der Waals surface area contributed by atoms with Gasteiger partial charge in [-0.15, -0.1) is 0 Å². The van der Waals surface area contributed by atoms with E-state index in [1.54, 1.807) is 12.1 Å². The van der Waals surface area contributed by atoms with Crippen LogP contribution in [0.4, 0.5) is 5.69 Å². The molecule has 2 N–H and O–H groups in total. The van der Waals surface area contributed by atoms with Gasteiger partial charge in [0.05, 0.1) is 11.3 Å². The molecule has 2 aromatic carbocycles. The Labute approximate surface area is 127 Å². The molecule has 22 heavy (non-hydrogen) atoms. The summed E-state index contributed by atoms with van der Waals surface area (Å²) in [4.78, 5) is 21.2. The number of rotatable bonds is 7. The van der Waals surface area contributed by atoms with Gasteiger partial charge in [-0.3, -0.25) is 14.9 Å². The first-order chi connectivity index (χ1) is 10.6. The molecule has 6 nitrogen and oxygen atoms in total. The van der Waals surface area contributed by atoms with E-state index in [1.165, 1.54) is 12.1 Å². The first-order valence-corrected chi connectivity index (χ1v) is 6.79. The lowest BCUT2D eigenvalue weighted by Gasteiger charge is -2.17. The van der Waals surface area contributed by atoms with E-state index in [0.717, 1.165) is 11.1 Å². The number of carboxylic acid groups (broad SMARTS) is 1. The van der Waals surface area contributed by atoms with E-state index in [-0.39, 0.29) is 18.2 Å². The third-order valence-corrected chi connectivity index (χ3v) is 3.28. The molecule has 1 unspecified atom stereocenters. The van der Waals surface area contributed by atoms with Crippen molar-refractivity contribution in [3.8, 4) is 0 Å². The monoisotopic (exact) mass is 300 g/mol. The van der Waals surface area contributed by atoms with Gasteiger partial charge in [0.2, 0.25) is 0 Å². The average molecular weight is 300 g/mol. The number of nitrogens with one attached hydrogen (secondary N) is 1. The Morgan fingerprint density at radius 3 is 2.32 bits per heavy atom. The summed E-state index contributed by atoms with van der Waals surface area (Å²) in [5.41, 5.74) is 1.79. The van der Waals surface area contributed by atoms with Crippen LogP contribution in [0.2, 0.25) is 0 Å². The molecule has 0 aromatic heterocycles. The number of benzene rings is 2. The van der Waals surface area contributed by atoms with Gasteiger partial charge in [0, 0.05) is 24.7 Å². The van der Waals surface area contributed by atoms with Crippen molar-refractivity contribution < 1.29 is 14.8 Å². The SMILES string of the molecule is O=C(O)CC(NCc1ccc([N+](=O)[O-])cc1)c1ccccc1. The molecular formula is C16H16N2O4. The first kappa shape index (κ1) is 15.7. The van der Waals surface area contributed by atoms with Crippen molar-refractivity contribution in [2.24, 2.45) is 0 Å². The van der Waals surface area contributed by atoms with E-state index in [9.17, 15) is 14.9 Å². The molecule has 0 radical (unpaired) electrons. The minimum absolute atomic E-state index is 0.0308. The predicted octanol–water partition coefficient (Wildman–Crippen LogP) is 2.90. The molecule has 2 rings (SSSR count). The van der Waals surface area contributed by atoms with Crippen molar-refractivity contribution >= 4 is 11.7 Å². The minimum Gasteiger partial charge on any atom is -0.481 e. The summed E-state index contributed by atoms with van der Waals surface area (Å²) in [5.74, 6) is -0.884.